The lowest BCUT2D eigenvalue weighted by atomic mass is 10.4. The molecule has 0 heterocycles. The summed E-state index contributed by atoms with van der Waals surface area (Å²) in [6.07, 6.45) is 4.83. The highest BCUT2D eigenvalue weighted by Crippen LogP contribution is 2.10. The predicted molar refractivity (Wildman–Crippen MR) is 32.9 cm³/mol. The summed E-state index contributed by atoms with van der Waals surface area (Å²) in [5.41, 5.74) is 0. The number of rotatable bonds is 1. The minimum atomic E-state index is -1.28. The molecule has 0 saturated heterocycles. The average molecular weight is 146 g/mol. The lowest BCUT2D eigenvalue weighted by Crippen LogP contribution is -1.72. The number of allylic oxidation sites excluding steroid dienone is 4. The Kier molecular flexibility index (Phi) is 3.34. The monoisotopic (exact) mass is 146 g/mol. The molecule has 0 atom stereocenters. The Labute approximate surface area is 57.0 Å². The number of halogens is 3. The van der Waals surface area contributed by atoms with Crippen LogP contribution in [0.5, 0.6) is 0 Å². The van der Waals surface area contributed by atoms with E-state index in [1.165, 1.54) is 5.92 Å². The van der Waals surface area contributed by atoms with Crippen molar-refractivity contribution in [3.63, 3.8) is 0 Å². The Bertz CT molecular complexity index is 213. The fraction of sp³-hybridized carbons (Fsp3) is 0.143. The number of hydrogen-bond acceptors (Lipinski definition) is 0. The summed E-state index contributed by atoms with van der Waals surface area (Å²) in [5.74, 6) is -2.00. The molecule has 0 saturated carbocycles. The molecule has 0 bridgehead atoms. The molecule has 0 radical (unpaired) electrons. The van der Waals surface area contributed by atoms with E-state index in [0.717, 1.165) is 6.92 Å². The first kappa shape index (κ1) is 8.83. The normalized spacial score (nSPS) is 14.1. The quantitative estimate of drug-likeness (QED) is 0.394. The van der Waals surface area contributed by atoms with Gasteiger partial charge in [-0.05, 0) is 12.8 Å². The summed E-state index contributed by atoms with van der Waals surface area (Å²) in [6, 6.07) is 0. The van der Waals surface area contributed by atoms with Crippen LogP contribution in [0.2, 0.25) is 0 Å². The van der Waals surface area contributed by atoms with Crippen LogP contribution in [-0.2, 0) is 0 Å². The maximum Gasteiger partial charge on any atom is 0.175 e. The van der Waals surface area contributed by atoms with E-state index in [4.69, 9.17) is 0 Å². The van der Waals surface area contributed by atoms with E-state index in [1.54, 1.807) is 0 Å². The highest BCUT2D eigenvalue weighted by molar-refractivity contribution is 5.26. The summed E-state index contributed by atoms with van der Waals surface area (Å²) in [6.45, 7) is 0.871. The first-order valence-electron chi connectivity index (χ1n) is 2.43. The zero-order chi connectivity index (χ0) is 8.15. The Balaban J connectivity index is 4.47. The zero-order valence-corrected chi connectivity index (χ0v) is 5.29. The molecule has 0 nitrogen and oxygen atoms in total. The molecule has 0 aliphatic heterocycles. The summed E-state index contributed by atoms with van der Waals surface area (Å²) in [4.78, 5) is 0. The Morgan fingerprint density at radius 2 is 1.90 bits per heavy atom. The Morgan fingerprint density at radius 1 is 1.40 bits per heavy atom. The fourth-order valence-electron chi connectivity index (χ4n) is 0.252. The van der Waals surface area contributed by atoms with Crippen LogP contribution in [0.15, 0.2) is 23.6 Å². The fourth-order valence-corrected chi connectivity index (χ4v) is 0.252. The molecule has 0 aliphatic carbocycles. The number of hydrogen-bond donors (Lipinski definition) is 0. The van der Waals surface area contributed by atoms with Crippen LogP contribution in [0.25, 0.3) is 0 Å². The van der Waals surface area contributed by atoms with Gasteiger partial charge < -0.3 is 0 Å². The number of terminal acetylenes is 1. The second-order valence-electron chi connectivity index (χ2n) is 1.52. The van der Waals surface area contributed by atoms with Gasteiger partial charge in [0.15, 0.2) is 11.7 Å². The second kappa shape index (κ2) is 3.78. The van der Waals surface area contributed by atoms with E-state index in [9.17, 15) is 13.2 Å². The molecule has 10 heavy (non-hydrogen) atoms. The van der Waals surface area contributed by atoms with E-state index in [1.807, 2.05) is 0 Å². The summed E-state index contributed by atoms with van der Waals surface area (Å²) in [7, 11) is 0. The van der Waals surface area contributed by atoms with Crippen molar-refractivity contribution in [1.29, 1.82) is 0 Å². The van der Waals surface area contributed by atoms with E-state index in [0.29, 0.717) is 6.08 Å². The van der Waals surface area contributed by atoms with Crippen molar-refractivity contribution in [2.24, 2.45) is 0 Å². The maximum atomic E-state index is 12.1. The largest absolute Gasteiger partial charge is 0.209 e. The van der Waals surface area contributed by atoms with E-state index >= 15 is 0 Å². The van der Waals surface area contributed by atoms with E-state index in [-0.39, 0.29) is 0 Å². The summed E-state index contributed by atoms with van der Waals surface area (Å²) < 4.78 is 35.8. The third-order valence-corrected chi connectivity index (χ3v) is 0.720. The van der Waals surface area contributed by atoms with Crippen LogP contribution < -0.4 is 0 Å². The van der Waals surface area contributed by atoms with Crippen LogP contribution in [0.1, 0.15) is 6.92 Å². The van der Waals surface area contributed by atoms with Crippen LogP contribution in [-0.4, -0.2) is 0 Å². The van der Waals surface area contributed by atoms with Gasteiger partial charge in [0.1, 0.15) is 5.83 Å². The smallest absolute Gasteiger partial charge is 0.175 e. The molecule has 0 aromatic heterocycles. The molecule has 0 rings (SSSR count). The zero-order valence-electron chi connectivity index (χ0n) is 5.29. The van der Waals surface area contributed by atoms with Gasteiger partial charge in [0.05, 0.1) is 0 Å². The first-order chi connectivity index (χ1) is 4.57. The van der Waals surface area contributed by atoms with Crippen molar-refractivity contribution in [1.82, 2.24) is 0 Å². The second-order valence-corrected chi connectivity index (χ2v) is 1.52. The Morgan fingerprint density at radius 3 is 2.20 bits per heavy atom. The Hall–Kier alpha value is -1.17. The van der Waals surface area contributed by atoms with Crippen molar-refractivity contribution in [2.45, 2.75) is 6.92 Å². The van der Waals surface area contributed by atoms with Gasteiger partial charge in [-0.2, -0.15) is 4.39 Å². The first-order valence-corrected chi connectivity index (χ1v) is 2.43. The molecule has 0 aromatic carbocycles. The molecule has 0 amide bonds. The third kappa shape index (κ3) is 2.98. The lowest BCUT2D eigenvalue weighted by molar-refractivity contribution is 0.550. The van der Waals surface area contributed by atoms with Crippen LogP contribution >= 0.6 is 0 Å². The average Bonchev–Trinajstić information content (AvgIpc) is 1.87. The van der Waals surface area contributed by atoms with Crippen molar-refractivity contribution < 1.29 is 13.2 Å². The maximum absolute atomic E-state index is 12.1. The van der Waals surface area contributed by atoms with Crippen LogP contribution in [0, 0.1) is 12.3 Å². The molecular weight excluding hydrogens is 141 g/mol. The van der Waals surface area contributed by atoms with Crippen LogP contribution in [0.4, 0.5) is 13.2 Å². The van der Waals surface area contributed by atoms with Crippen molar-refractivity contribution in [3.05, 3.63) is 23.6 Å². The summed E-state index contributed by atoms with van der Waals surface area (Å²) >= 11 is 0. The van der Waals surface area contributed by atoms with Gasteiger partial charge in [-0.3, -0.25) is 0 Å². The topological polar surface area (TPSA) is 0 Å². The van der Waals surface area contributed by atoms with Gasteiger partial charge in [-0.15, -0.1) is 6.42 Å². The van der Waals surface area contributed by atoms with E-state index < -0.39 is 17.5 Å². The third-order valence-electron chi connectivity index (χ3n) is 0.720. The van der Waals surface area contributed by atoms with Gasteiger partial charge in [-0.25, -0.2) is 8.78 Å². The SMILES string of the molecule is C#C/C(F)=C\C(F)=C(/C)F. The van der Waals surface area contributed by atoms with Gasteiger partial charge in [0, 0.05) is 6.08 Å². The van der Waals surface area contributed by atoms with Gasteiger partial charge in [-0.1, -0.05) is 0 Å². The lowest BCUT2D eigenvalue weighted by Gasteiger charge is -1.85. The van der Waals surface area contributed by atoms with Crippen molar-refractivity contribution >= 4 is 0 Å². The molecule has 0 spiro atoms. The van der Waals surface area contributed by atoms with Crippen LogP contribution in [0.3, 0.4) is 0 Å². The molecule has 0 fully saturated rings. The molecule has 54 valence electrons. The van der Waals surface area contributed by atoms with E-state index in [2.05, 4.69) is 6.42 Å². The van der Waals surface area contributed by atoms with Crippen molar-refractivity contribution in [3.8, 4) is 12.3 Å². The molecular formula is C7H5F3. The van der Waals surface area contributed by atoms with Gasteiger partial charge >= 0.3 is 0 Å². The predicted octanol–water partition coefficient (Wildman–Crippen LogP) is 2.64. The van der Waals surface area contributed by atoms with Crippen molar-refractivity contribution in [2.75, 3.05) is 0 Å². The highest BCUT2D eigenvalue weighted by atomic mass is 19.2. The van der Waals surface area contributed by atoms with Gasteiger partial charge in [0.2, 0.25) is 0 Å². The standard InChI is InChI=1S/C7H5F3/c1-3-6(9)4-7(10)5(2)8/h1,4H,2H3/b6-4+,7-5-. The highest BCUT2D eigenvalue weighted by Gasteiger charge is 1.97. The molecule has 0 aromatic rings. The molecule has 3 heteroatoms. The van der Waals surface area contributed by atoms with Gasteiger partial charge in [0.25, 0.3) is 0 Å². The molecule has 0 N–H and O–H groups in total. The molecule has 0 aliphatic rings. The minimum Gasteiger partial charge on any atom is -0.209 e. The molecule has 0 unspecified atom stereocenters. The summed E-state index contributed by atoms with van der Waals surface area (Å²) in [5, 5.41) is 0. The minimum absolute atomic E-state index is 0.315.